The summed E-state index contributed by atoms with van der Waals surface area (Å²) >= 11 is 6.85. The molecular formula is C16H12ClNO2S2. The van der Waals surface area contributed by atoms with Crippen molar-refractivity contribution in [1.82, 2.24) is 0 Å². The van der Waals surface area contributed by atoms with Crippen molar-refractivity contribution in [2.24, 2.45) is 0 Å². The van der Waals surface area contributed by atoms with Crippen LogP contribution in [0, 0.1) is 0 Å². The van der Waals surface area contributed by atoms with E-state index in [0.29, 0.717) is 10.0 Å². The third kappa shape index (κ3) is 3.16. The first-order valence-electron chi connectivity index (χ1n) is 6.49. The zero-order valence-corrected chi connectivity index (χ0v) is 13.8. The Morgan fingerprint density at radius 3 is 2.23 bits per heavy atom. The Balaban J connectivity index is 2.00. The van der Waals surface area contributed by atoms with Gasteiger partial charge < -0.3 is 0 Å². The number of hydrogen-bond donors (Lipinski definition) is 1. The van der Waals surface area contributed by atoms with Crippen LogP contribution in [0.15, 0.2) is 70.9 Å². The molecule has 0 bridgehead atoms. The van der Waals surface area contributed by atoms with E-state index in [0.717, 1.165) is 22.5 Å². The maximum absolute atomic E-state index is 12.4. The molecule has 0 fully saturated rings. The third-order valence-corrected chi connectivity index (χ3v) is 6.16. The normalized spacial score (nSPS) is 11.3. The van der Waals surface area contributed by atoms with Crippen LogP contribution in [0.1, 0.15) is 0 Å². The average molecular weight is 350 g/mol. The fourth-order valence-corrected chi connectivity index (χ4v) is 4.64. The molecule has 3 rings (SSSR count). The zero-order chi connectivity index (χ0) is 15.6. The summed E-state index contributed by atoms with van der Waals surface area (Å²) in [5.41, 5.74) is 2.32. The Morgan fingerprint density at radius 1 is 0.864 bits per heavy atom. The van der Waals surface area contributed by atoms with Crippen LogP contribution >= 0.6 is 22.9 Å². The van der Waals surface area contributed by atoms with Gasteiger partial charge in [0.15, 0.2) is 0 Å². The lowest BCUT2D eigenvalue weighted by Crippen LogP contribution is -2.12. The van der Waals surface area contributed by atoms with Crippen LogP contribution in [0.5, 0.6) is 0 Å². The van der Waals surface area contributed by atoms with Crippen molar-refractivity contribution in [2.45, 2.75) is 4.21 Å². The molecule has 1 heterocycles. The number of halogens is 1. The minimum atomic E-state index is -3.64. The van der Waals surface area contributed by atoms with Crippen LogP contribution < -0.4 is 4.72 Å². The van der Waals surface area contributed by atoms with Crippen LogP contribution in [0.3, 0.4) is 0 Å². The number of nitrogens with one attached hydrogen (secondary N) is 1. The third-order valence-electron chi connectivity index (χ3n) is 3.07. The molecular weight excluding hydrogens is 338 g/mol. The first-order chi connectivity index (χ1) is 10.6. The van der Waals surface area contributed by atoms with E-state index < -0.39 is 10.0 Å². The minimum Gasteiger partial charge on any atom is -0.278 e. The molecule has 1 aromatic heterocycles. The molecule has 3 aromatic rings. The number of rotatable bonds is 4. The second kappa shape index (κ2) is 6.12. The predicted octanol–water partition coefficient (Wildman–Crippen LogP) is 4.87. The van der Waals surface area contributed by atoms with E-state index in [1.54, 1.807) is 18.2 Å². The zero-order valence-electron chi connectivity index (χ0n) is 11.4. The highest BCUT2D eigenvalue weighted by molar-refractivity contribution is 7.94. The lowest BCUT2D eigenvalue weighted by Gasteiger charge is -2.11. The van der Waals surface area contributed by atoms with Crippen molar-refractivity contribution in [2.75, 3.05) is 4.72 Å². The quantitative estimate of drug-likeness (QED) is 0.730. The van der Waals surface area contributed by atoms with Gasteiger partial charge in [0.2, 0.25) is 0 Å². The summed E-state index contributed by atoms with van der Waals surface area (Å²) in [6.07, 6.45) is 0. The Bertz CT molecular complexity index is 889. The summed E-state index contributed by atoms with van der Waals surface area (Å²) in [5.74, 6) is 0. The standard InChI is InChI=1S/C16H12ClNO2S2/c17-15-10-11-16(21-15)22(19,20)18-14-9-5-4-8-13(14)12-6-2-1-3-7-12/h1-11,18H. The molecule has 0 saturated heterocycles. The number of benzene rings is 2. The minimum absolute atomic E-state index is 0.195. The van der Waals surface area contributed by atoms with Crippen LogP contribution in [-0.2, 0) is 10.0 Å². The van der Waals surface area contributed by atoms with E-state index in [1.807, 2.05) is 42.5 Å². The number of sulfonamides is 1. The average Bonchev–Trinajstić information content (AvgIpc) is 2.96. The molecule has 2 aromatic carbocycles. The summed E-state index contributed by atoms with van der Waals surface area (Å²) in [4.78, 5) is 0. The first-order valence-corrected chi connectivity index (χ1v) is 9.17. The fourth-order valence-electron chi connectivity index (χ4n) is 2.08. The van der Waals surface area contributed by atoms with Gasteiger partial charge in [-0.15, -0.1) is 11.3 Å². The largest absolute Gasteiger partial charge is 0.278 e. The summed E-state index contributed by atoms with van der Waals surface area (Å²) < 4.78 is 28.2. The number of para-hydroxylation sites is 1. The molecule has 22 heavy (non-hydrogen) atoms. The highest BCUT2D eigenvalue weighted by atomic mass is 35.5. The van der Waals surface area contributed by atoms with E-state index >= 15 is 0 Å². The summed E-state index contributed by atoms with van der Waals surface area (Å²) in [6.45, 7) is 0. The van der Waals surface area contributed by atoms with Gasteiger partial charge in [-0.25, -0.2) is 8.42 Å². The Kier molecular flexibility index (Phi) is 4.20. The molecule has 6 heteroatoms. The van der Waals surface area contributed by atoms with Gasteiger partial charge in [0.25, 0.3) is 10.0 Å². The van der Waals surface area contributed by atoms with Crippen LogP contribution in [0.25, 0.3) is 11.1 Å². The van der Waals surface area contributed by atoms with Crippen molar-refractivity contribution < 1.29 is 8.42 Å². The second-order valence-corrected chi connectivity index (χ2v) is 8.20. The van der Waals surface area contributed by atoms with E-state index in [-0.39, 0.29) is 4.21 Å². The Hall–Kier alpha value is -1.82. The summed E-state index contributed by atoms with van der Waals surface area (Å²) in [6, 6.07) is 20.0. The van der Waals surface area contributed by atoms with Crippen molar-refractivity contribution in [3.8, 4) is 11.1 Å². The molecule has 0 aliphatic rings. The Labute approximate surface area is 138 Å². The molecule has 0 atom stereocenters. The van der Waals surface area contributed by atoms with E-state index in [9.17, 15) is 8.42 Å². The van der Waals surface area contributed by atoms with E-state index in [2.05, 4.69) is 4.72 Å². The van der Waals surface area contributed by atoms with Crippen molar-refractivity contribution in [1.29, 1.82) is 0 Å². The van der Waals surface area contributed by atoms with Gasteiger partial charge in [-0.05, 0) is 23.8 Å². The fraction of sp³-hybridized carbons (Fsp3) is 0. The SMILES string of the molecule is O=S(=O)(Nc1ccccc1-c1ccccc1)c1ccc(Cl)s1. The molecule has 0 saturated carbocycles. The topological polar surface area (TPSA) is 46.2 Å². The highest BCUT2D eigenvalue weighted by Gasteiger charge is 2.18. The van der Waals surface area contributed by atoms with Gasteiger partial charge in [0.1, 0.15) is 4.21 Å². The lowest BCUT2D eigenvalue weighted by molar-refractivity contribution is 0.603. The van der Waals surface area contributed by atoms with Crippen LogP contribution in [0.4, 0.5) is 5.69 Å². The highest BCUT2D eigenvalue weighted by Crippen LogP contribution is 2.31. The maximum atomic E-state index is 12.4. The van der Waals surface area contributed by atoms with E-state index in [4.69, 9.17) is 11.6 Å². The Morgan fingerprint density at radius 2 is 1.55 bits per heavy atom. The van der Waals surface area contributed by atoms with Gasteiger partial charge >= 0.3 is 0 Å². The van der Waals surface area contributed by atoms with Crippen LogP contribution in [-0.4, -0.2) is 8.42 Å². The van der Waals surface area contributed by atoms with Gasteiger partial charge in [-0.1, -0.05) is 60.1 Å². The van der Waals surface area contributed by atoms with Crippen LogP contribution in [0.2, 0.25) is 4.34 Å². The molecule has 0 radical (unpaired) electrons. The molecule has 0 spiro atoms. The number of thiophene rings is 1. The lowest BCUT2D eigenvalue weighted by atomic mass is 10.0. The monoisotopic (exact) mass is 349 g/mol. The van der Waals surface area contributed by atoms with Gasteiger partial charge in [-0.3, -0.25) is 4.72 Å². The van der Waals surface area contributed by atoms with Crippen molar-refractivity contribution in [3.05, 3.63) is 71.1 Å². The van der Waals surface area contributed by atoms with Crippen molar-refractivity contribution >= 4 is 38.6 Å². The summed E-state index contributed by atoms with van der Waals surface area (Å²) in [5, 5.41) is 0. The van der Waals surface area contributed by atoms with Gasteiger partial charge in [0, 0.05) is 5.56 Å². The molecule has 0 amide bonds. The predicted molar refractivity (Wildman–Crippen MR) is 92.0 cm³/mol. The smallest absolute Gasteiger partial charge is 0.271 e. The second-order valence-electron chi connectivity index (χ2n) is 4.58. The number of hydrogen-bond acceptors (Lipinski definition) is 3. The molecule has 112 valence electrons. The molecule has 0 unspecified atom stereocenters. The first kappa shape index (κ1) is 15.1. The molecule has 0 aliphatic heterocycles. The van der Waals surface area contributed by atoms with E-state index in [1.165, 1.54) is 6.07 Å². The maximum Gasteiger partial charge on any atom is 0.271 e. The molecule has 0 aliphatic carbocycles. The molecule has 3 nitrogen and oxygen atoms in total. The van der Waals surface area contributed by atoms with Gasteiger partial charge in [0.05, 0.1) is 10.0 Å². The number of anilines is 1. The summed E-state index contributed by atoms with van der Waals surface area (Å²) in [7, 11) is -3.64. The van der Waals surface area contributed by atoms with Gasteiger partial charge in [-0.2, -0.15) is 0 Å². The molecule has 1 N–H and O–H groups in total. The van der Waals surface area contributed by atoms with Crippen molar-refractivity contribution in [3.63, 3.8) is 0 Å².